The first-order valence-electron chi connectivity index (χ1n) is 5.47. The molecule has 2 saturated carbocycles. The molecule has 2 aliphatic carbocycles. The van der Waals surface area contributed by atoms with Crippen molar-refractivity contribution in [3.05, 3.63) is 0 Å². The molecule has 0 aromatic heterocycles. The average molecular weight is 181 g/mol. The molecule has 2 aliphatic rings. The van der Waals surface area contributed by atoms with Crippen molar-refractivity contribution in [3.63, 3.8) is 0 Å². The normalized spacial score (nSPS) is 25.1. The topological polar surface area (TPSA) is 20.3 Å². The van der Waals surface area contributed by atoms with Crippen LogP contribution in [0.2, 0.25) is 0 Å². The summed E-state index contributed by atoms with van der Waals surface area (Å²) < 4.78 is 0. The van der Waals surface area contributed by atoms with Crippen molar-refractivity contribution < 1.29 is 4.79 Å². The van der Waals surface area contributed by atoms with Gasteiger partial charge in [0.2, 0.25) is 5.91 Å². The molecule has 2 heteroatoms. The minimum absolute atomic E-state index is 0.367. The molecule has 1 atom stereocenters. The van der Waals surface area contributed by atoms with E-state index in [1.54, 1.807) is 0 Å². The molecule has 0 aromatic rings. The van der Waals surface area contributed by atoms with Crippen LogP contribution in [0.3, 0.4) is 0 Å². The summed E-state index contributed by atoms with van der Waals surface area (Å²) in [5.74, 6) is 1.56. The maximum atomic E-state index is 11.8. The summed E-state index contributed by atoms with van der Waals surface area (Å²) >= 11 is 0. The molecule has 13 heavy (non-hydrogen) atoms. The van der Waals surface area contributed by atoms with Crippen LogP contribution in [0.4, 0.5) is 0 Å². The SMILES string of the molecule is CC(C1CC1)N(C)C(=O)C1CCC1. The van der Waals surface area contributed by atoms with Gasteiger partial charge in [-0.3, -0.25) is 4.79 Å². The Bertz CT molecular complexity index is 206. The van der Waals surface area contributed by atoms with Crippen LogP contribution in [0.5, 0.6) is 0 Å². The second kappa shape index (κ2) is 3.32. The summed E-state index contributed by atoms with van der Waals surface area (Å²) in [6, 6.07) is 0.480. The van der Waals surface area contributed by atoms with Gasteiger partial charge in [-0.15, -0.1) is 0 Å². The maximum absolute atomic E-state index is 11.8. The van der Waals surface area contributed by atoms with Crippen LogP contribution in [-0.2, 0) is 4.79 Å². The fourth-order valence-electron chi connectivity index (χ4n) is 2.04. The standard InChI is InChI=1S/C11H19NO/c1-8(9-6-7-9)12(2)11(13)10-4-3-5-10/h8-10H,3-7H2,1-2H3. The van der Waals surface area contributed by atoms with E-state index in [4.69, 9.17) is 0 Å². The summed E-state index contributed by atoms with van der Waals surface area (Å²) in [6.07, 6.45) is 6.15. The van der Waals surface area contributed by atoms with E-state index < -0.39 is 0 Å². The van der Waals surface area contributed by atoms with Gasteiger partial charge in [-0.2, -0.15) is 0 Å². The highest BCUT2D eigenvalue weighted by molar-refractivity contribution is 5.79. The maximum Gasteiger partial charge on any atom is 0.225 e. The zero-order valence-corrected chi connectivity index (χ0v) is 8.62. The summed E-state index contributed by atoms with van der Waals surface area (Å²) in [5.41, 5.74) is 0. The number of hydrogen-bond donors (Lipinski definition) is 0. The van der Waals surface area contributed by atoms with Crippen LogP contribution in [-0.4, -0.2) is 23.9 Å². The Balaban J connectivity index is 1.86. The van der Waals surface area contributed by atoms with Crippen LogP contribution in [0.25, 0.3) is 0 Å². The lowest BCUT2D eigenvalue weighted by Gasteiger charge is -2.32. The number of carbonyl (C=O) groups excluding carboxylic acids is 1. The van der Waals surface area contributed by atoms with Crippen LogP contribution in [0.1, 0.15) is 39.0 Å². The molecule has 0 saturated heterocycles. The fourth-order valence-corrected chi connectivity index (χ4v) is 2.04. The first-order valence-corrected chi connectivity index (χ1v) is 5.47. The molecule has 0 bridgehead atoms. The van der Waals surface area contributed by atoms with E-state index in [0.29, 0.717) is 17.9 Å². The van der Waals surface area contributed by atoms with Gasteiger partial charge in [0.05, 0.1) is 0 Å². The molecule has 0 radical (unpaired) electrons. The number of carbonyl (C=O) groups is 1. The second-order valence-electron chi connectivity index (χ2n) is 4.66. The van der Waals surface area contributed by atoms with E-state index in [-0.39, 0.29) is 0 Å². The first kappa shape index (κ1) is 9.04. The van der Waals surface area contributed by atoms with Crippen LogP contribution >= 0.6 is 0 Å². The zero-order chi connectivity index (χ0) is 9.42. The highest BCUT2D eigenvalue weighted by Gasteiger charge is 2.35. The Morgan fingerprint density at radius 3 is 2.31 bits per heavy atom. The van der Waals surface area contributed by atoms with Gasteiger partial charge in [0.1, 0.15) is 0 Å². The summed E-state index contributed by atoms with van der Waals surface area (Å²) in [4.78, 5) is 13.8. The van der Waals surface area contributed by atoms with E-state index in [1.165, 1.54) is 19.3 Å². The van der Waals surface area contributed by atoms with Crippen LogP contribution < -0.4 is 0 Å². The quantitative estimate of drug-likeness (QED) is 0.652. The van der Waals surface area contributed by atoms with Gasteiger partial charge in [-0.05, 0) is 38.5 Å². The minimum Gasteiger partial charge on any atom is -0.343 e. The largest absolute Gasteiger partial charge is 0.343 e. The van der Waals surface area contributed by atoms with E-state index >= 15 is 0 Å². The molecule has 2 fully saturated rings. The molecule has 2 rings (SSSR count). The number of hydrogen-bond acceptors (Lipinski definition) is 1. The van der Waals surface area contributed by atoms with Gasteiger partial charge in [0, 0.05) is 19.0 Å². The van der Waals surface area contributed by atoms with Crippen molar-refractivity contribution >= 4 is 5.91 Å². The smallest absolute Gasteiger partial charge is 0.225 e. The van der Waals surface area contributed by atoms with Crippen molar-refractivity contribution in [2.75, 3.05) is 7.05 Å². The lowest BCUT2D eigenvalue weighted by atomic mass is 9.84. The lowest BCUT2D eigenvalue weighted by Crippen LogP contribution is -2.42. The monoisotopic (exact) mass is 181 g/mol. The summed E-state index contributed by atoms with van der Waals surface area (Å²) in [6.45, 7) is 2.19. The predicted molar refractivity (Wildman–Crippen MR) is 52.3 cm³/mol. The fraction of sp³-hybridized carbons (Fsp3) is 0.909. The van der Waals surface area contributed by atoms with Crippen molar-refractivity contribution in [1.82, 2.24) is 4.90 Å². The third kappa shape index (κ3) is 1.72. The Morgan fingerprint density at radius 1 is 1.31 bits per heavy atom. The third-order valence-electron chi connectivity index (χ3n) is 3.72. The molecule has 0 aromatic carbocycles. The van der Waals surface area contributed by atoms with Crippen molar-refractivity contribution in [2.45, 2.75) is 45.1 Å². The molecule has 0 heterocycles. The molecule has 2 nitrogen and oxygen atoms in total. The van der Waals surface area contributed by atoms with Gasteiger partial charge in [0.15, 0.2) is 0 Å². The Labute approximate surface area is 80.3 Å². The second-order valence-corrected chi connectivity index (χ2v) is 4.66. The molecule has 1 amide bonds. The van der Waals surface area contributed by atoms with E-state index in [9.17, 15) is 4.79 Å². The number of nitrogens with zero attached hydrogens (tertiary/aromatic N) is 1. The molecule has 0 aliphatic heterocycles. The summed E-state index contributed by atoms with van der Waals surface area (Å²) in [7, 11) is 1.98. The third-order valence-corrected chi connectivity index (χ3v) is 3.72. The Hall–Kier alpha value is -0.530. The van der Waals surface area contributed by atoms with E-state index in [1.807, 2.05) is 11.9 Å². The molecular formula is C11H19NO. The summed E-state index contributed by atoms with van der Waals surface area (Å²) in [5, 5.41) is 0. The molecule has 1 unspecified atom stereocenters. The van der Waals surface area contributed by atoms with Crippen LogP contribution in [0, 0.1) is 11.8 Å². The molecule has 0 spiro atoms. The highest BCUT2D eigenvalue weighted by atomic mass is 16.2. The zero-order valence-electron chi connectivity index (χ0n) is 8.62. The van der Waals surface area contributed by atoms with Gasteiger partial charge in [-0.25, -0.2) is 0 Å². The van der Waals surface area contributed by atoms with E-state index in [0.717, 1.165) is 18.8 Å². The number of amides is 1. The minimum atomic E-state index is 0.367. The van der Waals surface area contributed by atoms with Gasteiger partial charge < -0.3 is 4.90 Å². The molecule has 74 valence electrons. The molecular weight excluding hydrogens is 162 g/mol. The van der Waals surface area contributed by atoms with Gasteiger partial charge >= 0.3 is 0 Å². The molecule has 0 N–H and O–H groups in total. The van der Waals surface area contributed by atoms with Crippen molar-refractivity contribution in [2.24, 2.45) is 11.8 Å². The number of rotatable bonds is 3. The van der Waals surface area contributed by atoms with Gasteiger partial charge in [0.25, 0.3) is 0 Å². The highest BCUT2D eigenvalue weighted by Crippen LogP contribution is 2.36. The lowest BCUT2D eigenvalue weighted by molar-refractivity contribution is -0.139. The predicted octanol–water partition coefficient (Wildman–Crippen LogP) is 2.04. The van der Waals surface area contributed by atoms with Gasteiger partial charge in [-0.1, -0.05) is 6.42 Å². The average Bonchev–Trinajstić information content (AvgIpc) is 2.80. The van der Waals surface area contributed by atoms with Crippen molar-refractivity contribution in [3.8, 4) is 0 Å². The van der Waals surface area contributed by atoms with E-state index in [2.05, 4.69) is 6.92 Å². The van der Waals surface area contributed by atoms with Crippen LogP contribution in [0.15, 0.2) is 0 Å². The first-order chi connectivity index (χ1) is 6.20. The Morgan fingerprint density at radius 2 is 1.92 bits per heavy atom. The Kier molecular flexibility index (Phi) is 2.31. The van der Waals surface area contributed by atoms with Crippen molar-refractivity contribution in [1.29, 1.82) is 0 Å².